The van der Waals surface area contributed by atoms with E-state index in [1.807, 2.05) is 5.38 Å². The SMILES string of the molecule is Cc1cc(C(=O)N[C@@H]2CN3CCCC[C@@]3(C(=O)NCCc3cscn3)C2)no1. The molecule has 2 aliphatic heterocycles. The normalized spacial score (nSPS) is 24.7. The third-order valence-electron chi connectivity index (χ3n) is 5.67. The fourth-order valence-electron chi connectivity index (χ4n) is 4.34. The molecule has 2 N–H and O–H groups in total. The highest BCUT2D eigenvalue weighted by Crippen LogP contribution is 2.38. The molecule has 0 bridgehead atoms. The van der Waals surface area contributed by atoms with Crippen molar-refractivity contribution in [2.75, 3.05) is 19.6 Å². The maximum absolute atomic E-state index is 13.1. The standard InChI is InChI=1S/C19H25N5O3S/c1-13-8-16(23-27-13)17(25)22-15-9-19(5-2-3-7-24(19)10-15)18(26)20-6-4-14-11-28-12-21-14/h8,11-12,15H,2-7,9-10H2,1H3,(H,20,26)(H,22,25)/t15-,19-/m0/s1. The molecule has 2 aliphatic rings. The Balaban J connectivity index is 1.39. The molecule has 0 spiro atoms. The van der Waals surface area contributed by atoms with Gasteiger partial charge in [-0.2, -0.15) is 0 Å². The Labute approximate surface area is 167 Å². The summed E-state index contributed by atoms with van der Waals surface area (Å²) in [4.78, 5) is 32.1. The van der Waals surface area contributed by atoms with Gasteiger partial charge in [0.15, 0.2) is 5.69 Å². The first-order chi connectivity index (χ1) is 13.6. The summed E-state index contributed by atoms with van der Waals surface area (Å²) >= 11 is 1.56. The van der Waals surface area contributed by atoms with Gasteiger partial charge in [0.1, 0.15) is 11.3 Å². The van der Waals surface area contributed by atoms with Gasteiger partial charge in [0.05, 0.1) is 11.2 Å². The van der Waals surface area contributed by atoms with Crippen LogP contribution >= 0.6 is 11.3 Å². The van der Waals surface area contributed by atoms with E-state index in [1.54, 1.807) is 29.8 Å². The first kappa shape index (κ1) is 19.1. The van der Waals surface area contributed by atoms with Gasteiger partial charge in [-0.05, 0) is 39.2 Å². The van der Waals surface area contributed by atoms with E-state index in [2.05, 4.69) is 25.7 Å². The number of aromatic nitrogens is 2. The highest BCUT2D eigenvalue weighted by atomic mass is 32.1. The number of nitrogens with zero attached hydrogens (tertiary/aromatic N) is 3. The first-order valence-corrected chi connectivity index (χ1v) is 10.7. The molecule has 8 nitrogen and oxygen atoms in total. The van der Waals surface area contributed by atoms with Crippen molar-refractivity contribution in [3.63, 3.8) is 0 Å². The molecule has 2 fully saturated rings. The molecule has 0 aromatic carbocycles. The summed E-state index contributed by atoms with van der Waals surface area (Å²) in [5.41, 5.74) is 2.56. The van der Waals surface area contributed by atoms with Gasteiger partial charge in [-0.25, -0.2) is 4.98 Å². The third kappa shape index (κ3) is 3.81. The van der Waals surface area contributed by atoms with Crippen molar-refractivity contribution in [1.29, 1.82) is 0 Å². The monoisotopic (exact) mass is 403 g/mol. The van der Waals surface area contributed by atoms with Crippen LogP contribution in [0.25, 0.3) is 0 Å². The molecule has 0 saturated carbocycles. The maximum atomic E-state index is 13.1. The fraction of sp³-hybridized carbons (Fsp3) is 0.579. The molecule has 150 valence electrons. The predicted molar refractivity (Wildman–Crippen MR) is 104 cm³/mol. The lowest BCUT2D eigenvalue weighted by atomic mass is 9.84. The second-order valence-corrected chi connectivity index (χ2v) is 8.34. The smallest absolute Gasteiger partial charge is 0.273 e. The molecule has 2 atom stereocenters. The molecule has 28 heavy (non-hydrogen) atoms. The Morgan fingerprint density at radius 1 is 1.43 bits per heavy atom. The second-order valence-electron chi connectivity index (χ2n) is 7.62. The molecule has 4 heterocycles. The number of carbonyl (C=O) groups excluding carboxylic acids is 2. The molecule has 0 unspecified atom stereocenters. The van der Waals surface area contributed by atoms with Crippen molar-refractivity contribution in [3.05, 3.63) is 34.1 Å². The van der Waals surface area contributed by atoms with Crippen molar-refractivity contribution in [1.82, 2.24) is 25.7 Å². The van der Waals surface area contributed by atoms with Gasteiger partial charge in [0.2, 0.25) is 5.91 Å². The van der Waals surface area contributed by atoms with E-state index >= 15 is 0 Å². The van der Waals surface area contributed by atoms with Crippen LogP contribution in [0.5, 0.6) is 0 Å². The molecule has 2 aromatic heterocycles. The Morgan fingerprint density at radius 2 is 2.32 bits per heavy atom. The van der Waals surface area contributed by atoms with E-state index in [0.717, 1.165) is 37.9 Å². The van der Waals surface area contributed by atoms with E-state index < -0.39 is 5.54 Å². The number of fused-ring (bicyclic) bond motifs is 1. The van der Waals surface area contributed by atoms with Crippen LogP contribution in [0.1, 0.15) is 47.6 Å². The van der Waals surface area contributed by atoms with E-state index in [4.69, 9.17) is 4.52 Å². The van der Waals surface area contributed by atoms with Crippen LogP contribution in [-0.2, 0) is 11.2 Å². The van der Waals surface area contributed by atoms with Crippen LogP contribution in [0.15, 0.2) is 21.5 Å². The molecule has 0 radical (unpaired) electrons. The predicted octanol–water partition coefficient (Wildman–Crippen LogP) is 1.53. The second kappa shape index (κ2) is 8.00. The molecule has 2 aromatic rings. The average molecular weight is 404 g/mol. The minimum absolute atomic E-state index is 0.0662. The highest BCUT2D eigenvalue weighted by molar-refractivity contribution is 7.07. The van der Waals surface area contributed by atoms with Gasteiger partial charge >= 0.3 is 0 Å². The summed E-state index contributed by atoms with van der Waals surface area (Å²) in [6.45, 7) is 3.90. The zero-order valence-electron chi connectivity index (χ0n) is 15.9. The van der Waals surface area contributed by atoms with Gasteiger partial charge in [-0.1, -0.05) is 5.16 Å². The summed E-state index contributed by atoms with van der Waals surface area (Å²) in [5.74, 6) is 0.419. The molecular weight excluding hydrogens is 378 g/mol. The Bertz CT molecular complexity index is 837. The Kier molecular flexibility index (Phi) is 5.45. The lowest BCUT2D eigenvalue weighted by Gasteiger charge is -2.40. The van der Waals surface area contributed by atoms with E-state index in [0.29, 0.717) is 25.3 Å². The van der Waals surface area contributed by atoms with Crippen LogP contribution in [0.2, 0.25) is 0 Å². The minimum atomic E-state index is -0.530. The molecule has 2 saturated heterocycles. The van der Waals surface area contributed by atoms with Crippen molar-refractivity contribution in [2.24, 2.45) is 0 Å². The van der Waals surface area contributed by atoms with E-state index in [9.17, 15) is 9.59 Å². The molecule has 9 heteroatoms. The van der Waals surface area contributed by atoms with E-state index in [-0.39, 0.29) is 23.6 Å². The number of nitrogens with one attached hydrogen (secondary N) is 2. The molecule has 4 rings (SSSR count). The number of hydrogen-bond acceptors (Lipinski definition) is 7. The molecular formula is C19H25N5O3S. The Morgan fingerprint density at radius 3 is 3.07 bits per heavy atom. The number of rotatable bonds is 6. The van der Waals surface area contributed by atoms with E-state index in [1.165, 1.54) is 0 Å². The largest absolute Gasteiger partial charge is 0.361 e. The summed E-state index contributed by atoms with van der Waals surface area (Å²) in [5, 5.41) is 11.9. The van der Waals surface area contributed by atoms with Crippen molar-refractivity contribution < 1.29 is 14.1 Å². The number of piperidine rings is 1. The number of carbonyl (C=O) groups is 2. The fourth-order valence-corrected chi connectivity index (χ4v) is 4.93. The van der Waals surface area contributed by atoms with Crippen LogP contribution in [0, 0.1) is 6.92 Å². The molecule has 0 aliphatic carbocycles. The lowest BCUT2D eigenvalue weighted by molar-refractivity contribution is -0.133. The third-order valence-corrected chi connectivity index (χ3v) is 6.30. The zero-order chi connectivity index (χ0) is 19.6. The first-order valence-electron chi connectivity index (χ1n) is 9.71. The van der Waals surface area contributed by atoms with Crippen LogP contribution < -0.4 is 10.6 Å². The summed E-state index contributed by atoms with van der Waals surface area (Å²) < 4.78 is 4.99. The summed E-state index contributed by atoms with van der Waals surface area (Å²) in [6.07, 6.45) is 4.29. The van der Waals surface area contributed by atoms with Gasteiger partial charge in [0.25, 0.3) is 5.91 Å². The van der Waals surface area contributed by atoms with Gasteiger partial charge < -0.3 is 15.2 Å². The maximum Gasteiger partial charge on any atom is 0.273 e. The number of thiazole rings is 1. The quantitative estimate of drug-likeness (QED) is 0.759. The summed E-state index contributed by atoms with van der Waals surface area (Å²) in [7, 11) is 0. The van der Waals surface area contributed by atoms with Crippen molar-refractivity contribution in [2.45, 2.75) is 50.6 Å². The van der Waals surface area contributed by atoms with Crippen molar-refractivity contribution in [3.8, 4) is 0 Å². The Hall–Kier alpha value is -2.26. The lowest BCUT2D eigenvalue weighted by Crippen LogP contribution is -2.57. The number of hydrogen-bond donors (Lipinski definition) is 2. The molecule has 2 amide bonds. The van der Waals surface area contributed by atoms with Gasteiger partial charge in [-0.15, -0.1) is 11.3 Å². The number of amides is 2. The average Bonchev–Trinajstić information content (AvgIpc) is 3.41. The summed E-state index contributed by atoms with van der Waals surface area (Å²) in [6, 6.07) is 1.55. The number of aryl methyl sites for hydroxylation is 1. The minimum Gasteiger partial charge on any atom is -0.361 e. The zero-order valence-corrected chi connectivity index (χ0v) is 16.8. The topological polar surface area (TPSA) is 100 Å². The van der Waals surface area contributed by atoms with Crippen molar-refractivity contribution >= 4 is 23.2 Å². The van der Waals surface area contributed by atoms with Crippen LogP contribution in [0.4, 0.5) is 0 Å². The van der Waals surface area contributed by atoms with Crippen LogP contribution in [0.3, 0.4) is 0 Å². The van der Waals surface area contributed by atoms with Gasteiger partial charge in [0, 0.05) is 37.0 Å². The van der Waals surface area contributed by atoms with Gasteiger partial charge in [-0.3, -0.25) is 14.5 Å². The van der Waals surface area contributed by atoms with Crippen LogP contribution in [-0.4, -0.2) is 58.1 Å². The highest BCUT2D eigenvalue weighted by Gasteiger charge is 2.52.